The Bertz CT molecular complexity index is 1200. The van der Waals surface area contributed by atoms with Crippen molar-refractivity contribution in [2.75, 3.05) is 0 Å². The maximum absolute atomic E-state index is 13.1. The van der Waals surface area contributed by atoms with Crippen LogP contribution in [0.15, 0.2) is 72.8 Å². The van der Waals surface area contributed by atoms with Crippen LogP contribution in [0.4, 0.5) is 0 Å². The molecule has 0 aliphatic heterocycles. The summed E-state index contributed by atoms with van der Waals surface area (Å²) in [5, 5.41) is 2.48. The van der Waals surface area contributed by atoms with Gasteiger partial charge in [0.2, 0.25) is 0 Å². The van der Waals surface area contributed by atoms with Gasteiger partial charge in [0.15, 0.2) is 19.9 Å². The molecule has 0 aliphatic carbocycles. The number of carbonyl (C=O) groups excluding carboxylic acids is 1. The standard InChI is InChI=1S/C25H21O2S/c1-4-17-25(2,3)27-24(26)20-13-7-10-16-23(20)28-21-14-8-5-11-18(21)19-12-6-9-15-22(19)28/h5-16H,1-3H3/q+1. The Morgan fingerprint density at radius 1 is 0.857 bits per heavy atom. The van der Waals surface area contributed by atoms with E-state index in [0.29, 0.717) is 5.56 Å². The first-order valence-electron chi connectivity index (χ1n) is 9.21. The van der Waals surface area contributed by atoms with Crippen LogP contribution in [0.1, 0.15) is 31.1 Å². The van der Waals surface area contributed by atoms with Crippen LogP contribution in [0.25, 0.3) is 25.1 Å². The molecule has 0 spiro atoms. The molecule has 138 valence electrons. The zero-order valence-electron chi connectivity index (χ0n) is 16.2. The highest BCUT2D eigenvalue weighted by Gasteiger charge is 2.30. The van der Waals surface area contributed by atoms with E-state index in [0.717, 1.165) is 4.90 Å². The van der Waals surface area contributed by atoms with Crippen molar-refractivity contribution < 1.29 is 9.53 Å². The van der Waals surface area contributed by atoms with Crippen molar-refractivity contribution in [1.82, 2.24) is 0 Å². The third-order valence-electron chi connectivity index (χ3n) is 4.60. The minimum Gasteiger partial charge on any atom is -0.443 e. The van der Waals surface area contributed by atoms with Gasteiger partial charge in [-0.25, -0.2) is 4.79 Å². The van der Waals surface area contributed by atoms with E-state index in [9.17, 15) is 4.79 Å². The number of carbonyl (C=O) groups is 1. The number of ether oxygens (including phenoxy) is 1. The maximum Gasteiger partial charge on any atom is 0.345 e. The highest BCUT2D eigenvalue weighted by atomic mass is 32.2. The summed E-state index contributed by atoms with van der Waals surface area (Å²) in [6.45, 7) is 5.37. The van der Waals surface area contributed by atoms with Gasteiger partial charge in [0, 0.05) is 21.2 Å². The van der Waals surface area contributed by atoms with Crippen LogP contribution in [0, 0.1) is 11.8 Å². The number of hydrogen-bond acceptors (Lipinski definition) is 2. The molecule has 0 amide bonds. The summed E-state index contributed by atoms with van der Waals surface area (Å²) in [5.74, 6) is 5.45. The first-order valence-corrected chi connectivity index (χ1v) is 10.4. The highest BCUT2D eigenvalue weighted by Crippen LogP contribution is 2.49. The van der Waals surface area contributed by atoms with Crippen LogP contribution in [-0.4, -0.2) is 11.6 Å². The van der Waals surface area contributed by atoms with Crippen molar-refractivity contribution in [3.05, 3.63) is 78.4 Å². The van der Waals surface area contributed by atoms with E-state index >= 15 is 0 Å². The molecule has 0 bridgehead atoms. The van der Waals surface area contributed by atoms with E-state index in [4.69, 9.17) is 4.74 Å². The molecule has 4 rings (SSSR count). The van der Waals surface area contributed by atoms with Crippen LogP contribution >= 0.6 is 10.5 Å². The van der Waals surface area contributed by atoms with E-state index in [1.807, 2.05) is 38.1 Å². The third kappa shape index (κ3) is 3.17. The van der Waals surface area contributed by atoms with Gasteiger partial charge >= 0.3 is 5.97 Å². The number of hydrogen-bond donors (Lipinski definition) is 0. The number of thiophene rings is 1. The predicted octanol–water partition coefficient (Wildman–Crippen LogP) is 6.69. The lowest BCUT2D eigenvalue weighted by atomic mass is 10.1. The summed E-state index contributed by atoms with van der Waals surface area (Å²) in [4.78, 5) is 14.0. The largest absolute Gasteiger partial charge is 0.443 e. The summed E-state index contributed by atoms with van der Waals surface area (Å²) in [6, 6.07) is 24.6. The number of rotatable bonds is 3. The average molecular weight is 386 g/mol. The minimum atomic E-state index is -0.826. The molecule has 1 heterocycles. The van der Waals surface area contributed by atoms with Gasteiger partial charge in [0.25, 0.3) is 0 Å². The van der Waals surface area contributed by atoms with Crippen LogP contribution < -0.4 is 0 Å². The van der Waals surface area contributed by atoms with Crippen molar-refractivity contribution in [1.29, 1.82) is 0 Å². The molecular weight excluding hydrogens is 364 g/mol. The number of esters is 1. The topological polar surface area (TPSA) is 26.3 Å². The summed E-state index contributed by atoms with van der Waals surface area (Å²) in [6.07, 6.45) is 0. The van der Waals surface area contributed by atoms with Crippen molar-refractivity contribution in [3.8, 4) is 16.7 Å². The Hall–Kier alpha value is -3.09. The normalized spacial score (nSPS) is 11.2. The molecule has 0 atom stereocenters. The molecule has 2 nitrogen and oxygen atoms in total. The molecule has 0 N–H and O–H groups in total. The summed E-state index contributed by atoms with van der Waals surface area (Å²) in [7, 11) is -0.342. The van der Waals surface area contributed by atoms with E-state index < -0.39 is 5.60 Å². The first kappa shape index (κ1) is 18.3. The fraction of sp³-hybridized carbons (Fsp3) is 0.160. The lowest BCUT2D eigenvalue weighted by Gasteiger charge is -2.18. The lowest BCUT2D eigenvalue weighted by Crippen LogP contribution is -2.26. The van der Waals surface area contributed by atoms with Gasteiger partial charge in [-0.05, 0) is 57.2 Å². The van der Waals surface area contributed by atoms with Gasteiger partial charge in [-0.3, -0.25) is 0 Å². The molecule has 0 radical (unpaired) electrons. The van der Waals surface area contributed by atoms with Crippen molar-refractivity contribution in [2.24, 2.45) is 0 Å². The Kier molecular flexibility index (Phi) is 4.66. The summed E-state index contributed by atoms with van der Waals surface area (Å²) < 4.78 is 8.23. The van der Waals surface area contributed by atoms with E-state index in [2.05, 4.69) is 60.4 Å². The Labute approximate surface area is 167 Å². The molecule has 0 aliphatic rings. The van der Waals surface area contributed by atoms with Gasteiger partial charge in [-0.15, -0.1) is 5.92 Å². The van der Waals surface area contributed by atoms with E-state index in [1.54, 1.807) is 6.92 Å². The van der Waals surface area contributed by atoms with Gasteiger partial charge < -0.3 is 4.74 Å². The average Bonchev–Trinajstić information content (AvgIpc) is 3.02. The Balaban J connectivity index is 1.94. The quantitative estimate of drug-likeness (QED) is 0.223. The molecule has 0 fully saturated rings. The van der Waals surface area contributed by atoms with Gasteiger partial charge in [-0.2, -0.15) is 0 Å². The van der Waals surface area contributed by atoms with Crippen LogP contribution in [0.3, 0.4) is 0 Å². The van der Waals surface area contributed by atoms with E-state index in [1.165, 1.54) is 20.2 Å². The van der Waals surface area contributed by atoms with Gasteiger partial charge in [0.1, 0.15) is 5.56 Å². The molecule has 0 unspecified atom stereocenters. The fourth-order valence-electron chi connectivity index (χ4n) is 3.52. The van der Waals surface area contributed by atoms with Crippen LogP contribution in [-0.2, 0) is 4.74 Å². The van der Waals surface area contributed by atoms with Crippen LogP contribution in [0.5, 0.6) is 0 Å². The SMILES string of the molecule is CC#CC(C)(C)OC(=O)c1ccccc1-[s+]1c2ccccc2c2ccccc21. The third-order valence-corrected chi connectivity index (χ3v) is 6.99. The molecule has 1 aromatic heterocycles. The molecule has 3 aromatic carbocycles. The molecule has 0 saturated heterocycles. The fourth-order valence-corrected chi connectivity index (χ4v) is 6.04. The number of benzene rings is 3. The van der Waals surface area contributed by atoms with Crippen molar-refractivity contribution >= 4 is 36.6 Å². The molecule has 4 aromatic rings. The lowest BCUT2D eigenvalue weighted by molar-refractivity contribution is 0.0205. The first-order chi connectivity index (χ1) is 13.5. The summed E-state index contributed by atoms with van der Waals surface area (Å²) in [5.41, 5.74) is -0.226. The predicted molar refractivity (Wildman–Crippen MR) is 118 cm³/mol. The van der Waals surface area contributed by atoms with Crippen molar-refractivity contribution in [3.63, 3.8) is 0 Å². The highest BCUT2D eigenvalue weighted by molar-refractivity contribution is 7.50. The summed E-state index contributed by atoms with van der Waals surface area (Å²) >= 11 is 0. The van der Waals surface area contributed by atoms with Crippen LogP contribution in [0.2, 0.25) is 0 Å². The van der Waals surface area contributed by atoms with Gasteiger partial charge in [-0.1, -0.05) is 42.3 Å². The second-order valence-electron chi connectivity index (χ2n) is 7.07. The Morgan fingerprint density at radius 3 is 2.00 bits per heavy atom. The maximum atomic E-state index is 13.1. The minimum absolute atomic E-state index is 0.335. The Morgan fingerprint density at radius 2 is 1.39 bits per heavy atom. The number of fused-ring (bicyclic) bond motifs is 3. The van der Waals surface area contributed by atoms with Crippen molar-refractivity contribution in [2.45, 2.75) is 26.4 Å². The second-order valence-corrected chi connectivity index (χ2v) is 9.00. The molecule has 3 heteroatoms. The zero-order chi connectivity index (χ0) is 19.7. The molecular formula is C25H21O2S+. The van der Waals surface area contributed by atoms with E-state index in [-0.39, 0.29) is 16.4 Å². The van der Waals surface area contributed by atoms with Gasteiger partial charge in [0.05, 0.1) is 0 Å². The molecule has 0 saturated carbocycles. The second kappa shape index (κ2) is 7.14. The molecule has 28 heavy (non-hydrogen) atoms. The zero-order valence-corrected chi connectivity index (χ0v) is 17.0. The monoisotopic (exact) mass is 385 g/mol. The smallest absolute Gasteiger partial charge is 0.345 e.